The summed E-state index contributed by atoms with van der Waals surface area (Å²) in [6.45, 7) is 0. The molecule has 0 spiro atoms. The van der Waals surface area contributed by atoms with Crippen LogP contribution in [-0.2, 0) is 0 Å². The molecular formula is C9H4Cl2N2OS. The van der Waals surface area contributed by atoms with Gasteiger partial charge in [-0.15, -0.1) is 0 Å². The van der Waals surface area contributed by atoms with Crippen LogP contribution in [0.15, 0.2) is 24.3 Å². The molecule has 0 bridgehead atoms. The van der Waals surface area contributed by atoms with E-state index in [0.717, 1.165) is 11.5 Å². The number of benzene rings is 1. The molecule has 0 atom stereocenters. The standard InChI is InChI=1S/C9H4Cl2N2OS/c10-6-3-1-5(2-4-6)7(14)8-12-9(11)15-13-8/h1-4H. The zero-order chi connectivity index (χ0) is 10.8. The third-order valence-electron chi connectivity index (χ3n) is 1.71. The minimum absolute atomic E-state index is 0.118. The third kappa shape index (κ3) is 2.34. The summed E-state index contributed by atoms with van der Waals surface area (Å²) in [4.78, 5) is 15.6. The van der Waals surface area contributed by atoms with Gasteiger partial charge in [0.2, 0.25) is 16.1 Å². The topological polar surface area (TPSA) is 42.9 Å². The van der Waals surface area contributed by atoms with E-state index >= 15 is 0 Å². The molecule has 1 aromatic heterocycles. The summed E-state index contributed by atoms with van der Waals surface area (Å²) in [5.41, 5.74) is 0.494. The first-order chi connectivity index (χ1) is 7.16. The largest absolute Gasteiger partial charge is 0.285 e. The van der Waals surface area contributed by atoms with E-state index in [1.807, 2.05) is 0 Å². The van der Waals surface area contributed by atoms with Crippen LogP contribution < -0.4 is 0 Å². The van der Waals surface area contributed by atoms with E-state index in [-0.39, 0.29) is 16.1 Å². The van der Waals surface area contributed by atoms with E-state index in [1.54, 1.807) is 24.3 Å². The highest BCUT2D eigenvalue weighted by Crippen LogP contribution is 2.15. The minimum Gasteiger partial charge on any atom is -0.285 e. The van der Waals surface area contributed by atoms with E-state index in [9.17, 15) is 4.79 Å². The van der Waals surface area contributed by atoms with Crippen molar-refractivity contribution in [1.82, 2.24) is 9.36 Å². The third-order valence-corrected chi connectivity index (χ3v) is 2.76. The van der Waals surface area contributed by atoms with Crippen LogP contribution in [0.3, 0.4) is 0 Å². The molecule has 1 aromatic carbocycles. The highest BCUT2D eigenvalue weighted by molar-refractivity contribution is 7.10. The maximum absolute atomic E-state index is 11.8. The fourth-order valence-electron chi connectivity index (χ4n) is 1.03. The highest BCUT2D eigenvalue weighted by Gasteiger charge is 2.14. The molecule has 0 saturated heterocycles. The number of hydrogen-bond acceptors (Lipinski definition) is 4. The second kappa shape index (κ2) is 4.26. The zero-order valence-electron chi connectivity index (χ0n) is 7.28. The van der Waals surface area contributed by atoms with Crippen LogP contribution in [0.4, 0.5) is 0 Å². The second-order valence-electron chi connectivity index (χ2n) is 2.71. The van der Waals surface area contributed by atoms with Crippen LogP contribution >= 0.6 is 34.7 Å². The van der Waals surface area contributed by atoms with Crippen LogP contribution in [0, 0.1) is 0 Å². The SMILES string of the molecule is O=C(c1ccc(Cl)cc1)c1nsc(Cl)n1. The van der Waals surface area contributed by atoms with Gasteiger partial charge in [0.05, 0.1) is 0 Å². The Morgan fingerprint density at radius 1 is 1.20 bits per heavy atom. The van der Waals surface area contributed by atoms with Gasteiger partial charge >= 0.3 is 0 Å². The molecule has 3 nitrogen and oxygen atoms in total. The van der Waals surface area contributed by atoms with Gasteiger partial charge in [-0.25, -0.2) is 4.98 Å². The summed E-state index contributed by atoms with van der Waals surface area (Å²) in [5.74, 6) is -0.137. The Bertz CT molecular complexity index is 495. The molecule has 0 aliphatic carbocycles. The lowest BCUT2D eigenvalue weighted by Crippen LogP contribution is -2.02. The van der Waals surface area contributed by atoms with Crippen molar-refractivity contribution in [2.24, 2.45) is 0 Å². The molecule has 6 heteroatoms. The zero-order valence-corrected chi connectivity index (χ0v) is 9.60. The van der Waals surface area contributed by atoms with Crippen molar-refractivity contribution < 1.29 is 4.79 Å². The second-order valence-corrected chi connectivity index (χ2v) is 4.48. The number of ketones is 1. The Labute approximate surface area is 99.8 Å². The van der Waals surface area contributed by atoms with E-state index < -0.39 is 0 Å². The van der Waals surface area contributed by atoms with Gasteiger partial charge in [0.25, 0.3) is 0 Å². The molecule has 0 radical (unpaired) electrons. The number of halogens is 2. The van der Waals surface area contributed by atoms with Crippen LogP contribution in [0.2, 0.25) is 9.49 Å². The van der Waals surface area contributed by atoms with Gasteiger partial charge in [-0.1, -0.05) is 11.6 Å². The Kier molecular flexibility index (Phi) is 3.00. The van der Waals surface area contributed by atoms with Gasteiger partial charge in [0.15, 0.2) is 0 Å². The van der Waals surface area contributed by atoms with E-state index in [2.05, 4.69) is 9.36 Å². The van der Waals surface area contributed by atoms with Gasteiger partial charge in [0, 0.05) is 10.6 Å². The molecule has 2 rings (SSSR count). The molecule has 0 saturated carbocycles. The van der Waals surface area contributed by atoms with Crippen LogP contribution in [0.25, 0.3) is 0 Å². The summed E-state index contributed by atoms with van der Waals surface area (Å²) in [6.07, 6.45) is 0. The molecule has 0 aliphatic rings. The maximum atomic E-state index is 11.8. The molecular weight excluding hydrogens is 255 g/mol. The molecule has 0 fully saturated rings. The first-order valence-corrected chi connectivity index (χ1v) is 5.49. The maximum Gasteiger partial charge on any atom is 0.231 e. The van der Waals surface area contributed by atoms with Crippen molar-refractivity contribution in [3.63, 3.8) is 0 Å². The summed E-state index contributed by atoms with van der Waals surface area (Å²) in [6, 6.07) is 6.53. The summed E-state index contributed by atoms with van der Waals surface area (Å²) in [7, 11) is 0. The smallest absolute Gasteiger partial charge is 0.231 e. The number of carbonyl (C=O) groups excluding carboxylic acids is 1. The average molecular weight is 259 g/mol. The average Bonchev–Trinajstić information content (AvgIpc) is 2.65. The molecule has 0 aliphatic heterocycles. The lowest BCUT2D eigenvalue weighted by molar-refractivity contribution is 0.103. The Morgan fingerprint density at radius 3 is 2.40 bits per heavy atom. The Balaban J connectivity index is 2.32. The highest BCUT2D eigenvalue weighted by atomic mass is 35.5. The van der Waals surface area contributed by atoms with Crippen molar-refractivity contribution in [2.45, 2.75) is 0 Å². The number of aromatic nitrogens is 2. The predicted octanol–water partition coefficient (Wildman–Crippen LogP) is 3.08. The number of rotatable bonds is 2. The molecule has 1 heterocycles. The quantitative estimate of drug-likeness (QED) is 0.778. The molecule has 0 amide bonds. The van der Waals surface area contributed by atoms with Crippen molar-refractivity contribution in [2.75, 3.05) is 0 Å². The van der Waals surface area contributed by atoms with E-state index in [4.69, 9.17) is 23.2 Å². The fourth-order valence-corrected chi connectivity index (χ4v) is 1.75. The van der Waals surface area contributed by atoms with E-state index in [0.29, 0.717) is 10.6 Å². The fraction of sp³-hybridized carbons (Fsp3) is 0. The van der Waals surface area contributed by atoms with Gasteiger partial charge < -0.3 is 0 Å². The van der Waals surface area contributed by atoms with Crippen LogP contribution in [-0.4, -0.2) is 15.1 Å². The minimum atomic E-state index is -0.255. The van der Waals surface area contributed by atoms with Crippen molar-refractivity contribution >= 4 is 40.5 Å². The first-order valence-electron chi connectivity index (χ1n) is 3.96. The lowest BCUT2D eigenvalue weighted by atomic mass is 10.1. The van der Waals surface area contributed by atoms with Crippen LogP contribution in [0.1, 0.15) is 16.2 Å². The molecule has 15 heavy (non-hydrogen) atoms. The van der Waals surface area contributed by atoms with E-state index in [1.165, 1.54) is 0 Å². The van der Waals surface area contributed by atoms with Gasteiger partial charge in [0.1, 0.15) is 0 Å². The van der Waals surface area contributed by atoms with Crippen molar-refractivity contribution in [1.29, 1.82) is 0 Å². The monoisotopic (exact) mass is 258 g/mol. The lowest BCUT2D eigenvalue weighted by Gasteiger charge is -1.95. The van der Waals surface area contributed by atoms with Gasteiger partial charge in [-0.3, -0.25) is 4.79 Å². The number of hydrogen-bond donors (Lipinski definition) is 0. The molecule has 2 aromatic rings. The van der Waals surface area contributed by atoms with Crippen LogP contribution in [0.5, 0.6) is 0 Å². The number of nitrogens with zero attached hydrogens (tertiary/aromatic N) is 2. The van der Waals surface area contributed by atoms with Gasteiger partial charge in [-0.05, 0) is 47.4 Å². The Hall–Kier alpha value is -0.970. The van der Waals surface area contributed by atoms with Crippen molar-refractivity contribution in [3.8, 4) is 0 Å². The Morgan fingerprint density at radius 2 is 1.87 bits per heavy atom. The molecule has 0 unspecified atom stereocenters. The van der Waals surface area contributed by atoms with Crippen molar-refractivity contribution in [3.05, 3.63) is 45.1 Å². The predicted molar refractivity (Wildman–Crippen MR) is 59.8 cm³/mol. The normalized spacial score (nSPS) is 10.3. The summed E-state index contributed by atoms with van der Waals surface area (Å²) in [5, 5.41) is 0.579. The van der Waals surface area contributed by atoms with Gasteiger partial charge in [-0.2, -0.15) is 4.37 Å². The molecule has 76 valence electrons. The first kappa shape index (κ1) is 10.5. The summed E-state index contributed by atoms with van der Waals surface area (Å²) >= 11 is 12.3. The summed E-state index contributed by atoms with van der Waals surface area (Å²) < 4.78 is 4.09. The molecule has 0 N–H and O–H groups in total. The number of carbonyl (C=O) groups is 1.